The summed E-state index contributed by atoms with van der Waals surface area (Å²) in [6.07, 6.45) is 6.66. The van der Waals surface area contributed by atoms with Crippen molar-refractivity contribution in [1.29, 1.82) is 0 Å². The lowest BCUT2D eigenvalue weighted by molar-refractivity contribution is -0.138. The number of hydrogen-bond donors (Lipinski definition) is 1. The Bertz CT molecular complexity index is 867. The molecule has 26 heavy (non-hydrogen) atoms. The van der Waals surface area contributed by atoms with Crippen LogP contribution in [0.15, 0.2) is 30.7 Å². The van der Waals surface area contributed by atoms with Gasteiger partial charge in [-0.1, -0.05) is 0 Å². The van der Waals surface area contributed by atoms with Gasteiger partial charge in [0.1, 0.15) is 17.7 Å². The van der Waals surface area contributed by atoms with Crippen LogP contribution in [0, 0.1) is 6.92 Å². The molecule has 0 bridgehead atoms. The summed E-state index contributed by atoms with van der Waals surface area (Å²) in [5.41, 5.74) is 0.956. The highest BCUT2D eigenvalue weighted by Crippen LogP contribution is 2.47. The van der Waals surface area contributed by atoms with Crippen molar-refractivity contribution in [2.75, 3.05) is 5.75 Å². The number of thioether (sulfide) groups is 1. The normalized spacial score (nSPS) is 24.8. The van der Waals surface area contributed by atoms with Crippen molar-refractivity contribution in [2.24, 2.45) is 0 Å². The zero-order chi connectivity index (χ0) is 18.3. The van der Waals surface area contributed by atoms with Crippen LogP contribution < -0.4 is 5.32 Å². The Morgan fingerprint density at radius 3 is 3.04 bits per heavy atom. The molecule has 2 amide bonds. The number of nitrogens with zero attached hydrogens (tertiary/aromatic N) is 4. The number of fused-ring (bicyclic) bond motifs is 1. The zero-order valence-electron chi connectivity index (χ0n) is 14.8. The smallest absolute Gasteiger partial charge is 0.243 e. The summed E-state index contributed by atoms with van der Waals surface area (Å²) in [6.45, 7) is 4.37. The summed E-state index contributed by atoms with van der Waals surface area (Å²) in [4.78, 5) is 35.0. The lowest BCUT2D eigenvalue weighted by Gasteiger charge is -2.29. The topological polar surface area (TPSA) is 80.1 Å². The lowest BCUT2D eigenvalue weighted by Crippen LogP contribution is -2.49. The van der Waals surface area contributed by atoms with Crippen LogP contribution in [0.2, 0.25) is 0 Å². The highest BCUT2D eigenvalue weighted by molar-refractivity contribution is 8.01. The fraction of sp³-hybridized carbons (Fsp3) is 0.444. The predicted octanol–water partition coefficient (Wildman–Crippen LogP) is 1.65. The van der Waals surface area contributed by atoms with Gasteiger partial charge in [-0.25, -0.2) is 9.97 Å². The van der Waals surface area contributed by atoms with Gasteiger partial charge in [-0.05, 0) is 38.0 Å². The monoisotopic (exact) mass is 371 g/mol. The zero-order valence-corrected chi connectivity index (χ0v) is 15.6. The maximum absolute atomic E-state index is 12.7. The van der Waals surface area contributed by atoms with Gasteiger partial charge in [0.15, 0.2) is 0 Å². The minimum absolute atomic E-state index is 0.0828. The molecule has 2 saturated heterocycles. The number of aromatic nitrogens is 3. The second-order valence-electron chi connectivity index (χ2n) is 6.85. The average molecular weight is 371 g/mol. The molecule has 2 aliphatic heterocycles. The van der Waals surface area contributed by atoms with E-state index in [-0.39, 0.29) is 22.7 Å². The van der Waals surface area contributed by atoms with E-state index in [0.29, 0.717) is 18.7 Å². The number of nitrogens with one attached hydrogen (secondary N) is 1. The van der Waals surface area contributed by atoms with Crippen molar-refractivity contribution in [3.8, 4) is 5.82 Å². The van der Waals surface area contributed by atoms with Crippen LogP contribution in [0.5, 0.6) is 0 Å². The van der Waals surface area contributed by atoms with Crippen molar-refractivity contribution in [3.63, 3.8) is 0 Å². The number of pyridine rings is 1. The molecule has 0 radical (unpaired) electrons. The summed E-state index contributed by atoms with van der Waals surface area (Å²) >= 11 is 1.70. The molecule has 1 N–H and O–H groups in total. The minimum atomic E-state index is -0.378. The molecule has 7 nitrogen and oxygen atoms in total. The van der Waals surface area contributed by atoms with Crippen LogP contribution in [0.25, 0.3) is 5.82 Å². The van der Waals surface area contributed by atoms with Gasteiger partial charge >= 0.3 is 0 Å². The first-order valence-electron chi connectivity index (χ1n) is 8.67. The van der Waals surface area contributed by atoms with Crippen LogP contribution in [0.3, 0.4) is 0 Å². The Labute approximate surface area is 156 Å². The third-order valence-electron chi connectivity index (χ3n) is 5.10. The van der Waals surface area contributed by atoms with Crippen molar-refractivity contribution in [2.45, 2.75) is 44.1 Å². The molecule has 2 aliphatic rings. The molecule has 2 aromatic heterocycles. The number of rotatable bonds is 4. The summed E-state index contributed by atoms with van der Waals surface area (Å²) < 4.78 is 1.90. The Morgan fingerprint density at radius 1 is 1.42 bits per heavy atom. The van der Waals surface area contributed by atoms with Gasteiger partial charge in [-0.2, -0.15) is 0 Å². The lowest BCUT2D eigenvalue weighted by atomic mass is 10.2. The van der Waals surface area contributed by atoms with Gasteiger partial charge in [0.25, 0.3) is 0 Å². The van der Waals surface area contributed by atoms with E-state index < -0.39 is 0 Å². The number of imidazole rings is 1. The Morgan fingerprint density at radius 2 is 2.27 bits per heavy atom. The van der Waals surface area contributed by atoms with Crippen LogP contribution >= 0.6 is 11.8 Å². The van der Waals surface area contributed by atoms with Crippen molar-refractivity contribution in [1.82, 2.24) is 24.8 Å². The molecule has 0 aliphatic carbocycles. The fourth-order valence-corrected chi connectivity index (χ4v) is 5.08. The van der Waals surface area contributed by atoms with E-state index in [0.717, 1.165) is 23.6 Å². The van der Waals surface area contributed by atoms with Crippen LogP contribution in [-0.2, 0) is 16.1 Å². The van der Waals surface area contributed by atoms with E-state index in [1.807, 2.05) is 29.8 Å². The van der Waals surface area contributed by atoms with Crippen molar-refractivity contribution < 1.29 is 9.59 Å². The Kier molecular flexibility index (Phi) is 4.22. The third kappa shape index (κ3) is 2.88. The van der Waals surface area contributed by atoms with Gasteiger partial charge in [-0.3, -0.25) is 14.2 Å². The Hall–Kier alpha value is -2.35. The molecule has 2 atom stereocenters. The van der Waals surface area contributed by atoms with Gasteiger partial charge in [-0.15, -0.1) is 11.8 Å². The first-order valence-corrected chi connectivity index (χ1v) is 9.65. The minimum Gasteiger partial charge on any atom is -0.350 e. The molecular formula is C18H21N5O2S. The summed E-state index contributed by atoms with van der Waals surface area (Å²) in [7, 11) is 0. The largest absolute Gasteiger partial charge is 0.350 e. The molecular weight excluding hydrogens is 350 g/mol. The van der Waals surface area contributed by atoms with Crippen LogP contribution in [0.1, 0.15) is 31.2 Å². The van der Waals surface area contributed by atoms with E-state index in [4.69, 9.17) is 0 Å². The number of hydrogen-bond acceptors (Lipinski definition) is 5. The molecule has 0 saturated carbocycles. The fourth-order valence-electron chi connectivity index (χ4n) is 3.64. The van der Waals surface area contributed by atoms with E-state index in [2.05, 4.69) is 22.2 Å². The van der Waals surface area contributed by atoms with Gasteiger partial charge in [0.2, 0.25) is 11.8 Å². The van der Waals surface area contributed by atoms with Crippen LogP contribution in [0.4, 0.5) is 0 Å². The van der Waals surface area contributed by atoms with Gasteiger partial charge < -0.3 is 10.2 Å². The molecule has 0 aromatic carbocycles. The van der Waals surface area contributed by atoms with Gasteiger partial charge in [0, 0.05) is 37.3 Å². The average Bonchev–Trinajstić information content (AvgIpc) is 3.29. The molecule has 0 spiro atoms. The number of carbonyl (C=O) groups is 2. The predicted molar refractivity (Wildman–Crippen MR) is 98.7 cm³/mol. The molecule has 4 heterocycles. The van der Waals surface area contributed by atoms with E-state index >= 15 is 0 Å². The van der Waals surface area contributed by atoms with E-state index in [1.165, 1.54) is 0 Å². The standard InChI is InChI=1S/C18H21N5O2S/c1-12-19-7-8-22(12)15-9-13(4-6-20-15)10-21-17(25)14-11-26-18(2)5-3-16(24)23(14)18/h4,6-9,14H,3,5,10-11H2,1-2H3,(H,21,25)/t14-,18+/m0/s1. The maximum atomic E-state index is 12.7. The molecule has 2 aromatic rings. The molecule has 4 rings (SSSR count). The number of aryl methyl sites for hydroxylation is 1. The van der Waals surface area contributed by atoms with E-state index in [9.17, 15) is 9.59 Å². The van der Waals surface area contributed by atoms with Crippen molar-refractivity contribution in [3.05, 3.63) is 42.1 Å². The quantitative estimate of drug-likeness (QED) is 0.884. The highest BCUT2D eigenvalue weighted by Gasteiger charge is 2.52. The first kappa shape index (κ1) is 17.1. The first-order chi connectivity index (χ1) is 12.5. The van der Waals surface area contributed by atoms with Crippen LogP contribution in [-0.4, -0.2) is 47.9 Å². The molecule has 8 heteroatoms. The third-order valence-corrected chi connectivity index (χ3v) is 6.60. The van der Waals surface area contributed by atoms with Gasteiger partial charge in [0.05, 0.1) is 4.87 Å². The highest BCUT2D eigenvalue weighted by atomic mass is 32.2. The molecule has 0 unspecified atom stereocenters. The molecule has 136 valence electrons. The van der Waals surface area contributed by atoms with E-state index in [1.54, 1.807) is 29.1 Å². The summed E-state index contributed by atoms with van der Waals surface area (Å²) in [5, 5.41) is 2.98. The van der Waals surface area contributed by atoms with Crippen molar-refractivity contribution >= 4 is 23.6 Å². The maximum Gasteiger partial charge on any atom is 0.243 e. The Balaban J connectivity index is 1.44. The molecule has 2 fully saturated rings. The second-order valence-corrected chi connectivity index (χ2v) is 8.35. The number of amides is 2. The SMILES string of the molecule is Cc1nccn1-c1cc(CNC(=O)[C@@H]2CS[C@]3(C)CCC(=O)N23)ccn1. The number of carbonyl (C=O) groups excluding carboxylic acids is 2. The summed E-state index contributed by atoms with van der Waals surface area (Å²) in [5.74, 6) is 2.27. The second kappa shape index (κ2) is 6.42. The summed E-state index contributed by atoms with van der Waals surface area (Å²) in [6, 6.07) is 3.44.